The van der Waals surface area contributed by atoms with E-state index in [0.29, 0.717) is 36.5 Å². The molecule has 32 heavy (non-hydrogen) atoms. The van der Waals surface area contributed by atoms with Crippen molar-refractivity contribution in [3.05, 3.63) is 52.4 Å². The third kappa shape index (κ3) is 3.66. The number of likely N-dealkylation sites (tertiary alicyclic amines) is 1. The van der Waals surface area contributed by atoms with Gasteiger partial charge in [0, 0.05) is 42.3 Å². The van der Waals surface area contributed by atoms with E-state index in [2.05, 4.69) is 4.98 Å². The van der Waals surface area contributed by atoms with Gasteiger partial charge in [0.15, 0.2) is 0 Å². The molecule has 1 amide bonds. The molecule has 0 atom stereocenters. The number of thiazole rings is 1. The van der Waals surface area contributed by atoms with Gasteiger partial charge in [-0.25, -0.2) is 14.3 Å². The summed E-state index contributed by atoms with van der Waals surface area (Å²) in [6, 6.07) is 7.79. The van der Waals surface area contributed by atoms with Crippen molar-refractivity contribution in [2.24, 2.45) is 0 Å². The summed E-state index contributed by atoms with van der Waals surface area (Å²) in [5, 5.41) is 8.19. The van der Waals surface area contributed by atoms with Crippen molar-refractivity contribution in [2.75, 3.05) is 13.1 Å². The minimum absolute atomic E-state index is 0.0521. The Morgan fingerprint density at radius 3 is 2.62 bits per heavy atom. The van der Waals surface area contributed by atoms with E-state index in [-0.39, 0.29) is 17.7 Å². The molecule has 3 aromatic heterocycles. The average molecular weight is 452 g/mol. The molecule has 4 heterocycles. The lowest BCUT2D eigenvalue weighted by Crippen LogP contribution is -2.43. The quantitative estimate of drug-likeness (QED) is 0.453. The minimum Gasteiger partial charge on any atom is -0.444 e. The van der Waals surface area contributed by atoms with Crippen LogP contribution in [0.15, 0.2) is 46.8 Å². The molecule has 1 saturated heterocycles. The van der Waals surface area contributed by atoms with E-state index in [9.17, 15) is 9.59 Å². The fourth-order valence-electron chi connectivity index (χ4n) is 4.25. The highest BCUT2D eigenvalue weighted by molar-refractivity contribution is 7.13. The predicted molar refractivity (Wildman–Crippen MR) is 124 cm³/mol. The van der Waals surface area contributed by atoms with Crippen molar-refractivity contribution in [1.82, 2.24) is 24.1 Å². The molecule has 5 rings (SSSR count). The standard InChI is InChI=1S/C23H25N5O3S/c1-23(2,3)31-22(30)26-11-8-15(9-12-26)28-20-16-6-4-5-7-18(16)25-27(20)14-17(21(28)29)19-24-10-13-32-19/h4-7,10,13-15H,8-9,11-12H2,1-3H3. The van der Waals surface area contributed by atoms with Gasteiger partial charge in [-0.05, 0) is 45.7 Å². The highest BCUT2D eigenvalue weighted by Crippen LogP contribution is 2.29. The second-order valence-corrected chi connectivity index (χ2v) is 9.93. The summed E-state index contributed by atoms with van der Waals surface area (Å²) >= 11 is 1.44. The van der Waals surface area contributed by atoms with Crippen molar-refractivity contribution in [3.63, 3.8) is 0 Å². The maximum absolute atomic E-state index is 13.7. The number of rotatable bonds is 2. The monoisotopic (exact) mass is 451 g/mol. The number of ether oxygens (including phenoxy) is 1. The lowest BCUT2D eigenvalue weighted by atomic mass is 10.0. The summed E-state index contributed by atoms with van der Waals surface area (Å²) in [6.07, 6.45) is 4.50. The lowest BCUT2D eigenvalue weighted by Gasteiger charge is -2.34. The molecule has 8 nitrogen and oxygen atoms in total. The summed E-state index contributed by atoms with van der Waals surface area (Å²) in [5.41, 5.74) is 1.55. The number of carbonyl (C=O) groups is 1. The number of benzene rings is 1. The highest BCUT2D eigenvalue weighted by atomic mass is 32.1. The van der Waals surface area contributed by atoms with Crippen LogP contribution in [0.2, 0.25) is 0 Å². The molecular formula is C23H25N5O3S. The van der Waals surface area contributed by atoms with E-state index in [1.807, 2.05) is 55.0 Å². The van der Waals surface area contributed by atoms with Crippen LogP contribution < -0.4 is 5.56 Å². The van der Waals surface area contributed by atoms with Gasteiger partial charge in [0.1, 0.15) is 16.3 Å². The fourth-order valence-corrected chi connectivity index (χ4v) is 4.88. The fraction of sp³-hybridized carbons (Fsp3) is 0.391. The van der Waals surface area contributed by atoms with E-state index >= 15 is 0 Å². The number of piperidine rings is 1. The molecule has 4 aromatic rings. The number of fused-ring (bicyclic) bond motifs is 3. The molecule has 9 heteroatoms. The molecule has 1 aliphatic rings. The van der Waals surface area contributed by atoms with Gasteiger partial charge in [0.05, 0.1) is 11.1 Å². The summed E-state index contributed by atoms with van der Waals surface area (Å²) in [7, 11) is 0. The Hall–Kier alpha value is -3.20. The van der Waals surface area contributed by atoms with Crippen LogP contribution in [0.1, 0.15) is 39.7 Å². The van der Waals surface area contributed by atoms with Crippen molar-refractivity contribution in [3.8, 4) is 10.6 Å². The van der Waals surface area contributed by atoms with Gasteiger partial charge >= 0.3 is 6.09 Å². The molecule has 0 radical (unpaired) electrons. The first-order chi connectivity index (χ1) is 15.3. The zero-order valence-corrected chi connectivity index (χ0v) is 19.1. The normalized spacial score (nSPS) is 15.5. The van der Waals surface area contributed by atoms with Gasteiger partial charge in [-0.3, -0.25) is 9.36 Å². The minimum atomic E-state index is -0.532. The Kier molecular flexibility index (Phi) is 5.00. The number of amides is 1. The van der Waals surface area contributed by atoms with E-state index in [0.717, 1.165) is 16.6 Å². The first-order valence-electron chi connectivity index (χ1n) is 10.7. The molecule has 1 fully saturated rings. The second-order valence-electron chi connectivity index (χ2n) is 9.04. The highest BCUT2D eigenvalue weighted by Gasteiger charge is 2.30. The molecule has 0 unspecified atom stereocenters. The molecular weight excluding hydrogens is 426 g/mol. The summed E-state index contributed by atoms with van der Waals surface area (Å²) < 4.78 is 9.18. The maximum Gasteiger partial charge on any atom is 0.410 e. The van der Waals surface area contributed by atoms with Crippen molar-refractivity contribution < 1.29 is 9.53 Å². The Morgan fingerprint density at radius 2 is 1.94 bits per heavy atom. The molecule has 1 aliphatic heterocycles. The molecule has 1 aromatic carbocycles. The van der Waals surface area contributed by atoms with E-state index in [4.69, 9.17) is 9.84 Å². The van der Waals surface area contributed by atoms with Gasteiger partial charge in [0.25, 0.3) is 5.56 Å². The van der Waals surface area contributed by atoms with E-state index in [1.165, 1.54) is 11.3 Å². The van der Waals surface area contributed by atoms with Crippen LogP contribution >= 0.6 is 11.3 Å². The first kappa shape index (κ1) is 20.7. The van der Waals surface area contributed by atoms with Gasteiger partial charge in [0.2, 0.25) is 0 Å². The first-order valence-corrected chi connectivity index (χ1v) is 11.6. The molecule has 0 saturated carbocycles. The summed E-state index contributed by atoms with van der Waals surface area (Å²) in [5.74, 6) is 0. The van der Waals surface area contributed by atoms with Crippen LogP contribution in [0.3, 0.4) is 0 Å². The number of aromatic nitrogens is 4. The number of hydrogen-bond donors (Lipinski definition) is 0. The van der Waals surface area contributed by atoms with Crippen LogP contribution in [0.4, 0.5) is 4.79 Å². The Morgan fingerprint density at radius 1 is 1.19 bits per heavy atom. The Labute approximate surface area is 189 Å². The molecule has 0 bridgehead atoms. The average Bonchev–Trinajstić information content (AvgIpc) is 3.40. The van der Waals surface area contributed by atoms with Gasteiger partial charge in [-0.1, -0.05) is 12.1 Å². The lowest BCUT2D eigenvalue weighted by molar-refractivity contribution is 0.0188. The summed E-state index contributed by atoms with van der Waals surface area (Å²) in [6.45, 7) is 6.66. The van der Waals surface area contributed by atoms with Gasteiger partial charge in [-0.2, -0.15) is 5.10 Å². The van der Waals surface area contributed by atoms with Crippen LogP contribution in [0.25, 0.3) is 27.1 Å². The molecule has 0 N–H and O–H groups in total. The number of hydrogen-bond acceptors (Lipinski definition) is 6. The van der Waals surface area contributed by atoms with Crippen LogP contribution in [-0.4, -0.2) is 48.8 Å². The molecule has 166 valence electrons. The van der Waals surface area contributed by atoms with Gasteiger partial charge < -0.3 is 9.64 Å². The third-order valence-corrected chi connectivity index (χ3v) is 6.46. The molecule has 0 aliphatic carbocycles. The Bertz CT molecular complexity index is 1340. The third-order valence-electron chi connectivity index (χ3n) is 5.65. The number of nitrogens with zero attached hydrogens (tertiary/aromatic N) is 5. The SMILES string of the molecule is CC(C)(C)OC(=O)N1CCC(n2c(=O)c(-c3nccs3)cn3nc4ccccc4c23)CC1. The Balaban J connectivity index is 1.57. The smallest absolute Gasteiger partial charge is 0.410 e. The van der Waals surface area contributed by atoms with Crippen LogP contribution in [0, 0.1) is 0 Å². The zero-order valence-electron chi connectivity index (χ0n) is 18.3. The van der Waals surface area contributed by atoms with Crippen molar-refractivity contribution in [1.29, 1.82) is 0 Å². The summed E-state index contributed by atoms with van der Waals surface area (Å²) in [4.78, 5) is 32.3. The molecule has 0 spiro atoms. The maximum atomic E-state index is 13.7. The van der Waals surface area contributed by atoms with E-state index < -0.39 is 5.60 Å². The predicted octanol–water partition coefficient (Wildman–Crippen LogP) is 4.34. The van der Waals surface area contributed by atoms with Gasteiger partial charge in [-0.15, -0.1) is 11.3 Å². The van der Waals surface area contributed by atoms with Crippen molar-refractivity contribution in [2.45, 2.75) is 45.3 Å². The topological polar surface area (TPSA) is 81.7 Å². The second kappa shape index (κ2) is 7.74. The zero-order chi connectivity index (χ0) is 22.5. The van der Waals surface area contributed by atoms with Crippen LogP contribution in [0.5, 0.6) is 0 Å². The van der Waals surface area contributed by atoms with Crippen molar-refractivity contribution >= 4 is 34.0 Å². The largest absolute Gasteiger partial charge is 0.444 e. The van der Waals surface area contributed by atoms with E-state index in [1.54, 1.807) is 21.8 Å². The van der Waals surface area contributed by atoms with Crippen LogP contribution in [-0.2, 0) is 4.74 Å². The number of carbonyl (C=O) groups excluding carboxylic acids is 1.